The topological polar surface area (TPSA) is 50.4 Å². The van der Waals surface area contributed by atoms with Crippen LogP contribution >= 0.6 is 0 Å². The highest BCUT2D eigenvalue weighted by molar-refractivity contribution is 5.67. The Balaban J connectivity index is 2.16. The van der Waals surface area contributed by atoms with Gasteiger partial charge in [-0.05, 0) is 52.5 Å². The van der Waals surface area contributed by atoms with Crippen molar-refractivity contribution in [3.8, 4) is 0 Å². The molecule has 1 heterocycles. The molecule has 17 heavy (non-hydrogen) atoms. The van der Waals surface area contributed by atoms with Gasteiger partial charge in [0.05, 0.1) is 0 Å². The molecule has 4 heteroatoms. The molecular formula is C13H26N2O2. The Labute approximate surface area is 104 Å². The average Bonchev–Trinajstić information content (AvgIpc) is 2.18. The molecule has 0 unspecified atom stereocenters. The zero-order valence-corrected chi connectivity index (χ0v) is 11.5. The van der Waals surface area contributed by atoms with E-state index in [4.69, 9.17) is 4.74 Å². The van der Waals surface area contributed by atoms with Crippen LogP contribution in [0.15, 0.2) is 0 Å². The zero-order chi connectivity index (χ0) is 12.9. The van der Waals surface area contributed by atoms with Crippen LogP contribution in [0.3, 0.4) is 0 Å². The molecule has 1 fully saturated rings. The predicted octanol–water partition coefficient (Wildman–Crippen LogP) is 2.29. The Hall–Kier alpha value is -0.770. The van der Waals surface area contributed by atoms with Crippen LogP contribution in [0, 0.1) is 5.92 Å². The van der Waals surface area contributed by atoms with Gasteiger partial charge in [0.15, 0.2) is 0 Å². The highest BCUT2D eigenvalue weighted by Crippen LogP contribution is 2.17. The largest absolute Gasteiger partial charge is 0.444 e. The van der Waals surface area contributed by atoms with Crippen LogP contribution in [-0.4, -0.2) is 30.8 Å². The van der Waals surface area contributed by atoms with Crippen LogP contribution in [0.1, 0.15) is 47.0 Å². The summed E-state index contributed by atoms with van der Waals surface area (Å²) in [5, 5.41) is 6.30. The molecule has 0 aromatic carbocycles. The molecular weight excluding hydrogens is 216 g/mol. The Morgan fingerprint density at radius 2 is 2.18 bits per heavy atom. The first kappa shape index (κ1) is 14.3. The Morgan fingerprint density at radius 3 is 2.76 bits per heavy atom. The SMILES string of the molecule is C[C@H]1CCCN[C@H]1CCNC(=O)OC(C)(C)C. The molecule has 1 saturated heterocycles. The number of carbonyl (C=O) groups is 1. The quantitative estimate of drug-likeness (QED) is 0.798. The second-order valence-corrected chi connectivity index (χ2v) is 5.90. The van der Waals surface area contributed by atoms with Gasteiger partial charge in [0.1, 0.15) is 5.60 Å². The van der Waals surface area contributed by atoms with Gasteiger partial charge in [0.2, 0.25) is 0 Å². The third-order valence-corrected chi connectivity index (χ3v) is 3.05. The first-order valence-corrected chi connectivity index (χ1v) is 6.59. The van der Waals surface area contributed by atoms with Crippen LogP contribution in [0.2, 0.25) is 0 Å². The van der Waals surface area contributed by atoms with E-state index in [-0.39, 0.29) is 6.09 Å². The molecule has 1 aliphatic heterocycles. The number of hydrogen-bond donors (Lipinski definition) is 2. The fourth-order valence-electron chi connectivity index (χ4n) is 2.14. The van der Waals surface area contributed by atoms with Crippen molar-refractivity contribution in [2.45, 2.75) is 58.6 Å². The number of nitrogens with one attached hydrogen (secondary N) is 2. The van der Waals surface area contributed by atoms with E-state index in [0.29, 0.717) is 18.5 Å². The van der Waals surface area contributed by atoms with Gasteiger partial charge in [0.25, 0.3) is 0 Å². The van der Waals surface area contributed by atoms with Crippen molar-refractivity contribution in [1.82, 2.24) is 10.6 Å². The fraction of sp³-hybridized carbons (Fsp3) is 0.923. The van der Waals surface area contributed by atoms with Crippen molar-refractivity contribution < 1.29 is 9.53 Å². The van der Waals surface area contributed by atoms with Crippen molar-refractivity contribution in [2.24, 2.45) is 5.92 Å². The molecule has 0 aliphatic carbocycles. The number of ether oxygens (including phenoxy) is 1. The minimum absolute atomic E-state index is 0.319. The zero-order valence-electron chi connectivity index (χ0n) is 11.5. The van der Waals surface area contributed by atoms with Crippen LogP contribution in [0.4, 0.5) is 4.79 Å². The van der Waals surface area contributed by atoms with Gasteiger partial charge >= 0.3 is 6.09 Å². The van der Waals surface area contributed by atoms with E-state index in [1.807, 2.05) is 20.8 Å². The third kappa shape index (κ3) is 5.91. The summed E-state index contributed by atoms with van der Waals surface area (Å²) >= 11 is 0. The van der Waals surface area contributed by atoms with Crippen molar-refractivity contribution in [3.05, 3.63) is 0 Å². The summed E-state index contributed by atoms with van der Waals surface area (Å²) in [4.78, 5) is 11.4. The fourth-order valence-corrected chi connectivity index (χ4v) is 2.14. The predicted molar refractivity (Wildman–Crippen MR) is 69.0 cm³/mol. The molecule has 2 atom stereocenters. The first-order valence-electron chi connectivity index (χ1n) is 6.59. The summed E-state index contributed by atoms with van der Waals surface area (Å²) < 4.78 is 5.18. The summed E-state index contributed by atoms with van der Waals surface area (Å²) in [5.74, 6) is 0.698. The summed E-state index contributed by atoms with van der Waals surface area (Å²) in [7, 11) is 0. The Bertz CT molecular complexity index is 248. The van der Waals surface area contributed by atoms with Crippen LogP contribution < -0.4 is 10.6 Å². The lowest BCUT2D eigenvalue weighted by Gasteiger charge is -2.30. The van der Waals surface area contributed by atoms with Crippen LogP contribution in [-0.2, 0) is 4.74 Å². The van der Waals surface area contributed by atoms with Crippen molar-refractivity contribution in [3.63, 3.8) is 0 Å². The highest BCUT2D eigenvalue weighted by Gasteiger charge is 2.21. The van der Waals surface area contributed by atoms with Crippen LogP contribution in [0.25, 0.3) is 0 Å². The average molecular weight is 242 g/mol. The summed E-state index contributed by atoms with van der Waals surface area (Å²) in [6.07, 6.45) is 3.20. The van der Waals surface area contributed by atoms with Gasteiger partial charge in [-0.1, -0.05) is 6.92 Å². The number of alkyl carbamates (subject to hydrolysis) is 1. The lowest BCUT2D eigenvalue weighted by molar-refractivity contribution is 0.0524. The van der Waals surface area contributed by atoms with Crippen LogP contribution in [0.5, 0.6) is 0 Å². The van der Waals surface area contributed by atoms with Gasteiger partial charge < -0.3 is 15.4 Å². The van der Waals surface area contributed by atoms with E-state index in [1.54, 1.807) is 0 Å². The number of rotatable bonds is 3. The highest BCUT2D eigenvalue weighted by atomic mass is 16.6. The molecule has 0 radical (unpaired) electrons. The smallest absolute Gasteiger partial charge is 0.407 e. The number of piperidine rings is 1. The molecule has 0 aromatic rings. The van der Waals surface area contributed by atoms with E-state index in [0.717, 1.165) is 13.0 Å². The molecule has 1 rings (SSSR count). The maximum Gasteiger partial charge on any atom is 0.407 e. The first-order chi connectivity index (χ1) is 7.88. The van der Waals surface area contributed by atoms with E-state index < -0.39 is 5.60 Å². The van der Waals surface area contributed by atoms with Gasteiger partial charge in [-0.3, -0.25) is 0 Å². The van der Waals surface area contributed by atoms with Gasteiger partial charge in [-0.2, -0.15) is 0 Å². The second-order valence-electron chi connectivity index (χ2n) is 5.90. The number of carbonyl (C=O) groups excluding carboxylic acids is 1. The molecule has 1 amide bonds. The van der Waals surface area contributed by atoms with Crippen molar-refractivity contribution in [1.29, 1.82) is 0 Å². The van der Waals surface area contributed by atoms with Gasteiger partial charge in [-0.25, -0.2) is 4.79 Å². The standard InChI is InChI=1S/C13H26N2O2/c1-10-6-5-8-14-11(10)7-9-15-12(16)17-13(2,3)4/h10-11,14H,5-9H2,1-4H3,(H,15,16)/t10-,11-/m0/s1. The van der Waals surface area contributed by atoms with E-state index in [2.05, 4.69) is 17.6 Å². The number of hydrogen-bond acceptors (Lipinski definition) is 3. The lowest BCUT2D eigenvalue weighted by atomic mass is 9.91. The van der Waals surface area contributed by atoms with Crippen molar-refractivity contribution in [2.75, 3.05) is 13.1 Å². The molecule has 0 spiro atoms. The van der Waals surface area contributed by atoms with E-state index >= 15 is 0 Å². The number of amides is 1. The molecule has 4 nitrogen and oxygen atoms in total. The van der Waals surface area contributed by atoms with Gasteiger partial charge in [0, 0.05) is 12.6 Å². The monoisotopic (exact) mass is 242 g/mol. The maximum atomic E-state index is 11.4. The molecule has 2 N–H and O–H groups in total. The lowest BCUT2D eigenvalue weighted by Crippen LogP contribution is -2.43. The van der Waals surface area contributed by atoms with Crippen molar-refractivity contribution >= 4 is 6.09 Å². The molecule has 0 saturated carbocycles. The Morgan fingerprint density at radius 1 is 1.47 bits per heavy atom. The third-order valence-electron chi connectivity index (χ3n) is 3.05. The van der Waals surface area contributed by atoms with Gasteiger partial charge in [-0.15, -0.1) is 0 Å². The minimum atomic E-state index is -0.416. The second kappa shape index (κ2) is 6.24. The molecule has 0 bridgehead atoms. The molecule has 1 aliphatic rings. The summed E-state index contributed by atoms with van der Waals surface area (Å²) in [6, 6.07) is 0.527. The minimum Gasteiger partial charge on any atom is -0.444 e. The summed E-state index contributed by atoms with van der Waals surface area (Å²) in [5.41, 5.74) is -0.416. The van der Waals surface area contributed by atoms with E-state index in [1.165, 1.54) is 12.8 Å². The maximum absolute atomic E-state index is 11.4. The van der Waals surface area contributed by atoms with E-state index in [9.17, 15) is 4.79 Å². The molecule has 100 valence electrons. The normalized spacial score (nSPS) is 25.4. The molecule has 0 aromatic heterocycles. The summed E-state index contributed by atoms with van der Waals surface area (Å²) in [6.45, 7) is 9.66. The Kier molecular flexibility index (Phi) is 5.25.